The Balaban J connectivity index is 2.39. The van der Waals surface area contributed by atoms with Crippen LogP contribution in [0.15, 0.2) is 30.3 Å². The SMILES string of the molecule is CNC(CC(=O)O)C(=O)CN(C)CCc1ccccc1. The molecule has 5 heteroatoms. The predicted molar refractivity (Wildman–Crippen MR) is 77.8 cm³/mol. The number of ketones is 1. The van der Waals surface area contributed by atoms with Crippen LogP contribution in [0.25, 0.3) is 0 Å². The molecule has 1 rings (SSSR count). The zero-order valence-corrected chi connectivity index (χ0v) is 12.0. The maximum atomic E-state index is 12.0. The number of carboxylic acid groups (broad SMARTS) is 1. The van der Waals surface area contributed by atoms with Gasteiger partial charge in [-0.2, -0.15) is 0 Å². The van der Waals surface area contributed by atoms with Crippen molar-refractivity contribution in [3.63, 3.8) is 0 Å². The Morgan fingerprint density at radius 2 is 1.95 bits per heavy atom. The molecule has 2 N–H and O–H groups in total. The van der Waals surface area contributed by atoms with E-state index in [4.69, 9.17) is 5.11 Å². The molecule has 0 aromatic heterocycles. The minimum atomic E-state index is -0.968. The molecule has 0 fully saturated rings. The summed E-state index contributed by atoms with van der Waals surface area (Å²) in [6, 6.07) is 9.44. The van der Waals surface area contributed by atoms with Crippen molar-refractivity contribution in [2.24, 2.45) is 0 Å². The lowest BCUT2D eigenvalue weighted by Crippen LogP contribution is -2.42. The lowest BCUT2D eigenvalue weighted by molar-refractivity contribution is -0.139. The fourth-order valence-corrected chi connectivity index (χ4v) is 1.97. The van der Waals surface area contributed by atoms with Gasteiger partial charge in [0, 0.05) is 6.54 Å². The second kappa shape index (κ2) is 8.45. The zero-order valence-electron chi connectivity index (χ0n) is 12.0. The summed E-state index contributed by atoms with van der Waals surface area (Å²) < 4.78 is 0. The summed E-state index contributed by atoms with van der Waals surface area (Å²) in [5.74, 6) is -1.06. The molecule has 5 nitrogen and oxygen atoms in total. The first-order chi connectivity index (χ1) is 9.52. The summed E-state index contributed by atoms with van der Waals surface area (Å²) >= 11 is 0. The van der Waals surface area contributed by atoms with Crippen LogP contribution < -0.4 is 5.32 Å². The molecule has 0 bridgehead atoms. The van der Waals surface area contributed by atoms with E-state index in [9.17, 15) is 9.59 Å². The minimum Gasteiger partial charge on any atom is -0.481 e. The Bertz CT molecular complexity index is 434. The largest absolute Gasteiger partial charge is 0.481 e. The van der Waals surface area contributed by atoms with Crippen molar-refractivity contribution < 1.29 is 14.7 Å². The smallest absolute Gasteiger partial charge is 0.305 e. The first kappa shape index (κ1) is 16.3. The molecule has 1 unspecified atom stereocenters. The molecule has 1 aromatic rings. The fourth-order valence-electron chi connectivity index (χ4n) is 1.97. The number of hydrogen-bond acceptors (Lipinski definition) is 4. The van der Waals surface area contributed by atoms with Gasteiger partial charge in [0.25, 0.3) is 0 Å². The minimum absolute atomic E-state index is 0.0922. The van der Waals surface area contributed by atoms with Gasteiger partial charge in [0.2, 0.25) is 0 Å². The second-order valence-electron chi connectivity index (χ2n) is 4.88. The average molecular weight is 278 g/mol. The van der Waals surface area contributed by atoms with E-state index in [0.29, 0.717) is 0 Å². The number of nitrogens with zero attached hydrogens (tertiary/aromatic N) is 1. The second-order valence-corrected chi connectivity index (χ2v) is 4.88. The van der Waals surface area contributed by atoms with Crippen molar-refractivity contribution in [1.82, 2.24) is 10.2 Å². The highest BCUT2D eigenvalue weighted by molar-refractivity contribution is 5.89. The van der Waals surface area contributed by atoms with Crippen LogP contribution in [0.1, 0.15) is 12.0 Å². The molecule has 1 atom stereocenters. The van der Waals surface area contributed by atoms with Crippen LogP contribution in [-0.2, 0) is 16.0 Å². The lowest BCUT2D eigenvalue weighted by atomic mass is 10.1. The third-order valence-electron chi connectivity index (χ3n) is 3.17. The number of Topliss-reactive ketones (excluding diaryl/α,β-unsaturated/α-hetero) is 1. The van der Waals surface area contributed by atoms with Gasteiger partial charge in [0.15, 0.2) is 5.78 Å². The van der Waals surface area contributed by atoms with Crippen LogP contribution in [0.3, 0.4) is 0 Å². The van der Waals surface area contributed by atoms with Gasteiger partial charge in [-0.3, -0.25) is 14.5 Å². The molecule has 110 valence electrons. The van der Waals surface area contributed by atoms with E-state index in [1.165, 1.54) is 5.56 Å². The summed E-state index contributed by atoms with van der Waals surface area (Å²) in [6.45, 7) is 1.02. The number of carbonyl (C=O) groups excluding carboxylic acids is 1. The zero-order chi connectivity index (χ0) is 15.0. The van der Waals surface area contributed by atoms with Crippen molar-refractivity contribution in [2.75, 3.05) is 27.2 Å². The van der Waals surface area contributed by atoms with Crippen LogP contribution >= 0.6 is 0 Å². The number of aliphatic carboxylic acids is 1. The molecule has 0 aliphatic rings. The number of hydrogen-bond donors (Lipinski definition) is 2. The van der Waals surface area contributed by atoms with Crippen LogP contribution in [-0.4, -0.2) is 55.0 Å². The first-order valence-corrected chi connectivity index (χ1v) is 6.67. The Morgan fingerprint density at radius 1 is 1.30 bits per heavy atom. The highest BCUT2D eigenvalue weighted by atomic mass is 16.4. The normalized spacial score (nSPS) is 12.3. The number of carbonyl (C=O) groups is 2. The third kappa shape index (κ3) is 5.95. The molecular formula is C15H22N2O3. The Kier molecular flexibility index (Phi) is 6.90. The molecule has 1 aromatic carbocycles. The number of rotatable bonds is 9. The van der Waals surface area contributed by atoms with E-state index in [1.807, 2.05) is 30.1 Å². The predicted octanol–water partition coefficient (Wildman–Crippen LogP) is 0.793. The number of benzene rings is 1. The topological polar surface area (TPSA) is 69.6 Å². The molecule has 0 spiro atoms. The van der Waals surface area contributed by atoms with Crippen molar-refractivity contribution in [1.29, 1.82) is 0 Å². The maximum absolute atomic E-state index is 12.0. The van der Waals surface area contributed by atoms with Crippen molar-refractivity contribution >= 4 is 11.8 Å². The van der Waals surface area contributed by atoms with Crippen LogP contribution in [0.5, 0.6) is 0 Å². The molecule has 0 aliphatic carbocycles. The quantitative estimate of drug-likeness (QED) is 0.699. The van der Waals surface area contributed by atoms with Crippen LogP contribution in [0.2, 0.25) is 0 Å². The Hall–Kier alpha value is -1.72. The van der Waals surface area contributed by atoms with E-state index in [2.05, 4.69) is 17.4 Å². The summed E-state index contributed by atoms with van der Waals surface area (Å²) in [4.78, 5) is 24.5. The molecule has 0 amide bonds. The summed E-state index contributed by atoms with van der Waals surface area (Å²) in [5.41, 5.74) is 1.22. The van der Waals surface area contributed by atoms with Gasteiger partial charge in [-0.25, -0.2) is 0 Å². The van der Waals surface area contributed by atoms with Crippen LogP contribution in [0, 0.1) is 0 Å². The molecular weight excluding hydrogens is 256 g/mol. The summed E-state index contributed by atoms with van der Waals surface area (Å²) in [5, 5.41) is 11.5. The highest BCUT2D eigenvalue weighted by Crippen LogP contribution is 2.01. The van der Waals surface area contributed by atoms with Gasteiger partial charge in [-0.05, 0) is 26.1 Å². The molecule has 0 aliphatic heterocycles. The van der Waals surface area contributed by atoms with E-state index in [1.54, 1.807) is 7.05 Å². The van der Waals surface area contributed by atoms with E-state index >= 15 is 0 Å². The standard InChI is InChI=1S/C15H22N2O3/c1-16-13(10-15(19)20)14(18)11-17(2)9-8-12-6-4-3-5-7-12/h3-7,13,16H,8-11H2,1-2H3,(H,19,20). The lowest BCUT2D eigenvalue weighted by Gasteiger charge is -2.19. The molecule has 0 radical (unpaired) electrons. The Labute approximate surface area is 119 Å². The van der Waals surface area contributed by atoms with Crippen molar-refractivity contribution in [3.05, 3.63) is 35.9 Å². The van der Waals surface area contributed by atoms with Crippen LogP contribution in [0.4, 0.5) is 0 Å². The van der Waals surface area contributed by atoms with Gasteiger partial charge in [0.05, 0.1) is 19.0 Å². The maximum Gasteiger partial charge on any atom is 0.305 e. The van der Waals surface area contributed by atoms with Gasteiger partial charge in [-0.15, -0.1) is 0 Å². The molecule has 0 saturated heterocycles. The average Bonchev–Trinajstić information content (AvgIpc) is 2.43. The van der Waals surface area contributed by atoms with Crippen molar-refractivity contribution in [2.45, 2.75) is 18.9 Å². The first-order valence-electron chi connectivity index (χ1n) is 6.67. The Morgan fingerprint density at radius 3 is 2.50 bits per heavy atom. The van der Waals surface area contributed by atoms with E-state index in [-0.39, 0.29) is 18.7 Å². The summed E-state index contributed by atoms with van der Waals surface area (Å²) in [7, 11) is 3.48. The van der Waals surface area contributed by atoms with Gasteiger partial charge in [0.1, 0.15) is 0 Å². The van der Waals surface area contributed by atoms with E-state index < -0.39 is 12.0 Å². The van der Waals surface area contributed by atoms with Gasteiger partial charge >= 0.3 is 5.97 Å². The third-order valence-corrected chi connectivity index (χ3v) is 3.17. The highest BCUT2D eigenvalue weighted by Gasteiger charge is 2.20. The van der Waals surface area contributed by atoms with Gasteiger partial charge < -0.3 is 10.4 Å². The van der Waals surface area contributed by atoms with Crippen molar-refractivity contribution in [3.8, 4) is 0 Å². The molecule has 0 saturated carbocycles. The van der Waals surface area contributed by atoms with Gasteiger partial charge in [-0.1, -0.05) is 30.3 Å². The number of nitrogens with one attached hydrogen (secondary N) is 1. The molecule has 20 heavy (non-hydrogen) atoms. The van der Waals surface area contributed by atoms with E-state index in [0.717, 1.165) is 13.0 Å². The molecule has 0 heterocycles. The number of likely N-dealkylation sites (N-methyl/N-ethyl adjacent to an activating group) is 2. The monoisotopic (exact) mass is 278 g/mol. The fraction of sp³-hybridized carbons (Fsp3) is 0.467. The summed E-state index contributed by atoms with van der Waals surface area (Å²) in [6.07, 6.45) is 0.690. The number of carboxylic acids is 1.